The van der Waals surface area contributed by atoms with Gasteiger partial charge in [0.05, 0.1) is 13.2 Å². The van der Waals surface area contributed by atoms with E-state index in [0.29, 0.717) is 0 Å². The second-order valence-corrected chi connectivity index (χ2v) is 13.4. The molecule has 42 heavy (non-hydrogen) atoms. The van der Waals surface area contributed by atoms with Crippen molar-refractivity contribution < 1.29 is 69.9 Å². The van der Waals surface area contributed by atoms with Crippen molar-refractivity contribution in [3.63, 3.8) is 0 Å². The van der Waals surface area contributed by atoms with Crippen LogP contribution in [-0.4, -0.2) is 13.2 Å². The van der Waals surface area contributed by atoms with Gasteiger partial charge in [-0.25, -0.2) is 0 Å². The number of allylic oxidation sites excluding steroid dienone is 4. The van der Waals surface area contributed by atoms with Gasteiger partial charge in [-0.2, -0.15) is 0 Å². The molecule has 0 aromatic heterocycles. The average Bonchev–Trinajstić information content (AvgIpc) is 2.96. The van der Waals surface area contributed by atoms with E-state index in [-0.39, 0.29) is 64.6 Å². The van der Waals surface area contributed by atoms with Crippen LogP contribution in [-0.2, 0) is 13.6 Å². The fourth-order valence-electron chi connectivity index (χ4n) is 5.09. The van der Waals surface area contributed by atoms with Crippen molar-refractivity contribution in [2.24, 2.45) is 0 Å². The summed E-state index contributed by atoms with van der Waals surface area (Å²) in [5.41, 5.74) is 0. The van der Waals surface area contributed by atoms with Crippen LogP contribution in [0.1, 0.15) is 194 Å². The number of unbranched alkanes of at least 4 members (excludes halogenated alkanes) is 24. The molecule has 0 saturated carbocycles. The van der Waals surface area contributed by atoms with Crippen LogP contribution in [0.4, 0.5) is 0 Å². The third-order valence-corrected chi connectivity index (χ3v) is 8.81. The van der Waals surface area contributed by atoms with Crippen LogP contribution in [0.25, 0.3) is 0 Å². The topological polar surface area (TPSA) is 58.6 Å². The van der Waals surface area contributed by atoms with Crippen molar-refractivity contribution in [1.29, 1.82) is 0 Å². The molecule has 244 valence electrons. The Labute approximate surface area is 306 Å². The fraction of sp³-hybridized carbons (Fsp3) is 0.889. The molecular weight excluding hydrogens is 566 g/mol. The standard InChI is InChI=1S/C36H71O4P.K/c1-3-5-7-9-11-13-15-17-19-21-23-25-27-29-31-33-35-39-41(37,38)40-36-34-32-30-28-26-24-22-20-18-16-14-12-10-8-6-4-2;/h17-20H,3-16,21-36H2,1-2H3,(H,37,38);/q;+1/p-1/b19-17+,20-18+;. The van der Waals surface area contributed by atoms with E-state index in [1.165, 1.54) is 141 Å². The van der Waals surface area contributed by atoms with Gasteiger partial charge < -0.3 is 13.9 Å². The second kappa shape index (κ2) is 38.4. The monoisotopic (exact) mass is 636 g/mol. The van der Waals surface area contributed by atoms with Gasteiger partial charge in [0.1, 0.15) is 0 Å². The smallest absolute Gasteiger partial charge is 0.756 e. The van der Waals surface area contributed by atoms with Crippen LogP contribution in [0, 0.1) is 0 Å². The zero-order valence-corrected chi connectivity index (χ0v) is 32.6. The van der Waals surface area contributed by atoms with Gasteiger partial charge in [0.15, 0.2) is 0 Å². The van der Waals surface area contributed by atoms with Crippen molar-refractivity contribution in [3.8, 4) is 0 Å². The summed E-state index contributed by atoms with van der Waals surface area (Å²) < 4.78 is 22.0. The number of rotatable bonds is 34. The molecule has 0 atom stereocenters. The molecule has 6 heteroatoms. The molecule has 0 amide bonds. The molecule has 0 rings (SSSR count). The van der Waals surface area contributed by atoms with Crippen LogP contribution in [0.2, 0.25) is 0 Å². The van der Waals surface area contributed by atoms with Crippen molar-refractivity contribution in [1.82, 2.24) is 0 Å². The Bertz CT molecular complexity index is 563. The maximum absolute atomic E-state index is 11.9. The Morgan fingerprint density at radius 1 is 0.429 bits per heavy atom. The van der Waals surface area contributed by atoms with E-state index in [9.17, 15) is 9.46 Å². The Kier molecular flexibility index (Phi) is 41.5. The molecule has 0 radical (unpaired) electrons. The quantitative estimate of drug-likeness (QED) is 0.0305. The van der Waals surface area contributed by atoms with E-state index < -0.39 is 7.82 Å². The third kappa shape index (κ3) is 39.3. The van der Waals surface area contributed by atoms with Crippen LogP contribution < -0.4 is 56.3 Å². The molecule has 0 bridgehead atoms. The van der Waals surface area contributed by atoms with Crippen LogP contribution in [0.5, 0.6) is 0 Å². The summed E-state index contributed by atoms with van der Waals surface area (Å²) in [6, 6.07) is 0. The average molecular weight is 637 g/mol. The summed E-state index contributed by atoms with van der Waals surface area (Å²) >= 11 is 0. The zero-order valence-electron chi connectivity index (χ0n) is 28.6. The molecule has 0 aliphatic heterocycles. The predicted molar refractivity (Wildman–Crippen MR) is 178 cm³/mol. The minimum atomic E-state index is -4.14. The van der Waals surface area contributed by atoms with E-state index in [4.69, 9.17) is 9.05 Å². The molecule has 0 fully saturated rings. The minimum Gasteiger partial charge on any atom is -0.756 e. The summed E-state index contributed by atoms with van der Waals surface area (Å²) in [4.78, 5) is 11.9. The summed E-state index contributed by atoms with van der Waals surface area (Å²) in [5, 5.41) is 0. The number of phosphoric acid groups is 1. The van der Waals surface area contributed by atoms with E-state index in [1.54, 1.807) is 0 Å². The summed E-state index contributed by atoms with van der Waals surface area (Å²) in [7, 11) is -4.14. The molecule has 0 aromatic carbocycles. The molecule has 0 spiro atoms. The maximum Gasteiger partial charge on any atom is 1.00 e. The fourth-order valence-corrected chi connectivity index (χ4v) is 5.87. The van der Waals surface area contributed by atoms with Crippen molar-refractivity contribution in [2.75, 3.05) is 13.2 Å². The molecule has 0 aliphatic rings. The van der Waals surface area contributed by atoms with Gasteiger partial charge in [-0.1, -0.05) is 154 Å². The first-order valence-corrected chi connectivity index (χ1v) is 19.5. The molecule has 0 saturated heterocycles. The first kappa shape index (κ1) is 45.3. The van der Waals surface area contributed by atoms with Gasteiger partial charge in [-0.05, 0) is 64.2 Å². The van der Waals surface area contributed by atoms with Crippen LogP contribution in [0.15, 0.2) is 24.3 Å². The van der Waals surface area contributed by atoms with E-state index in [1.807, 2.05) is 0 Å². The Hall–Kier alpha value is 1.23. The minimum absolute atomic E-state index is 0. The number of hydrogen-bond donors (Lipinski definition) is 0. The SMILES string of the molecule is CCCCCCCC/C=C/CCCCCCCCOP(=O)([O-])OCCCCCCCC/C=C/CCCCCCCC.[K+]. The van der Waals surface area contributed by atoms with E-state index in [2.05, 4.69) is 38.2 Å². The second-order valence-electron chi connectivity index (χ2n) is 12.0. The largest absolute Gasteiger partial charge is 1.00 e. The molecule has 0 aromatic rings. The van der Waals surface area contributed by atoms with Gasteiger partial charge >= 0.3 is 51.4 Å². The van der Waals surface area contributed by atoms with Gasteiger partial charge in [0, 0.05) is 0 Å². The molecule has 0 unspecified atom stereocenters. The number of hydrogen-bond acceptors (Lipinski definition) is 4. The molecule has 0 aliphatic carbocycles. The van der Waals surface area contributed by atoms with E-state index in [0.717, 1.165) is 38.5 Å². The van der Waals surface area contributed by atoms with Crippen molar-refractivity contribution in [3.05, 3.63) is 24.3 Å². The molecule has 0 heterocycles. The Morgan fingerprint density at radius 3 is 0.952 bits per heavy atom. The van der Waals surface area contributed by atoms with Gasteiger partial charge in [0.25, 0.3) is 7.82 Å². The maximum atomic E-state index is 11.9. The van der Waals surface area contributed by atoms with Gasteiger partial charge in [-0.3, -0.25) is 4.57 Å². The van der Waals surface area contributed by atoms with E-state index >= 15 is 0 Å². The zero-order chi connectivity index (χ0) is 30.0. The molecule has 4 nitrogen and oxygen atoms in total. The third-order valence-electron chi connectivity index (χ3n) is 7.81. The molecule has 0 N–H and O–H groups in total. The Balaban J connectivity index is 0. The first-order valence-electron chi connectivity index (χ1n) is 18.0. The number of phosphoric ester groups is 1. The van der Waals surface area contributed by atoms with Gasteiger partial charge in [0.2, 0.25) is 0 Å². The predicted octanol–water partition coefficient (Wildman–Crippen LogP) is 9.57. The summed E-state index contributed by atoms with van der Waals surface area (Å²) in [5.74, 6) is 0. The molecular formula is C36H70KO4P. The van der Waals surface area contributed by atoms with Crippen molar-refractivity contribution >= 4 is 7.82 Å². The first-order chi connectivity index (χ1) is 20.1. The van der Waals surface area contributed by atoms with Crippen LogP contribution >= 0.6 is 7.82 Å². The van der Waals surface area contributed by atoms with Crippen molar-refractivity contribution in [2.45, 2.75) is 194 Å². The Morgan fingerprint density at radius 2 is 0.667 bits per heavy atom. The normalized spacial score (nSPS) is 12.1. The van der Waals surface area contributed by atoms with Crippen LogP contribution in [0.3, 0.4) is 0 Å². The summed E-state index contributed by atoms with van der Waals surface area (Å²) in [6.45, 7) is 5.02. The van der Waals surface area contributed by atoms with Gasteiger partial charge in [-0.15, -0.1) is 0 Å². The summed E-state index contributed by atoms with van der Waals surface area (Å²) in [6.07, 6.45) is 44.0.